The predicted molar refractivity (Wildman–Crippen MR) is 101 cm³/mol. The third-order valence-corrected chi connectivity index (χ3v) is 6.22. The molecular formula is C19H21ClN4O2. The number of fused-ring (bicyclic) bond motifs is 3. The summed E-state index contributed by atoms with van der Waals surface area (Å²) < 4.78 is 5.77. The molecule has 5 rings (SSSR count). The molecule has 0 radical (unpaired) electrons. The average Bonchev–Trinajstić information content (AvgIpc) is 3.21. The molecule has 1 aliphatic heterocycles. The highest BCUT2D eigenvalue weighted by atomic mass is 35.5. The van der Waals surface area contributed by atoms with Crippen LogP contribution in [-0.2, 0) is 4.79 Å². The highest BCUT2D eigenvalue weighted by Gasteiger charge is 2.52. The van der Waals surface area contributed by atoms with Crippen molar-refractivity contribution in [2.75, 3.05) is 5.32 Å². The van der Waals surface area contributed by atoms with Gasteiger partial charge in [-0.1, -0.05) is 24.4 Å². The van der Waals surface area contributed by atoms with Crippen LogP contribution in [0.3, 0.4) is 0 Å². The number of carbonyl (C=O) groups excluding carboxylic acids is 1. The zero-order valence-electron chi connectivity index (χ0n) is 14.4. The van der Waals surface area contributed by atoms with Gasteiger partial charge in [0.15, 0.2) is 11.5 Å². The Bertz CT molecular complexity index is 900. The number of nitrogens with zero attached hydrogens (tertiary/aromatic N) is 2. The van der Waals surface area contributed by atoms with Gasteiger partial charge in [-0.15, -0.1) is 0 Å². The van der Waals surface area contributed by atoms with E-state index < -0.39 is 0 Å². The minimum Gasteiger partial charge on any atom is -0.423 e. The summed E-state index contributed by atoms with van der Waals surface area (Å²) in [5.74, 6) is 1.04. The second-order valence-corrected chi connectivity index (χ2v) is 8.06. The summed E-state index contributed by atoms with van der Waals surface area (Å²) in [6.07, 6.45) is 6.92. The third kappa shape index (κ3) is 2.58. The number of nitrogens with one attached hydrogen (secondary N) is 2. The molecule has 136 valence electrons. The summed E-state index contributed by atoms with van der Waals surface area (Å²) in [4.78, 5) is 21.9. The largest absolute Gasteiger partial charge is 0.423 e. The van der Waals surface area contributed by atoms with E-state index in [1.54, 1.807) is 18.2 Å². The van der Waals surface area contributed by atoms with Crippen LogP contribution < -0.4 is 10.6 Å². The molecule has 2 fully saturated rings. The molecule has 7 heteroatoms. The molecule has 3 aliphatic rings. The van der Waals surface area contributed by atoms with Crippen molar-refractivity contribution in [3.8, 4) is 0 Å². The molecule has 2 unspecified atom stereocenters. The van der Waals surface area contributed by atoms with Crippen LogP contribution in [0.2, 0.25) is 5.02 Å². The van der Waals surface area contributed by atoms with E-state index in [2.05, 4.69) is 15.6 Å². The highest BCUT2D eigenvalue weighted by molar-refractivity contribution is 6.31. The van der Waals surface area contributed by atoms with Gasteiger partial charge in [0.2, 0.25) is 0 Å². The Labute approximate surface area is 156 Å². The topological polar surface area (TPSA) is 79.5 Å². The molecule has 2 atom stereocenters. The summed E-state index contributed by atoms with van der Waals surface area (Å²) in [5.41, 5.74) is 1.22. The van der Waals surface area contributed by atoms with Gasteiger partial charge in [-0.2, -0.15) is 4.98 Å². The number of benzene rings is 1. The van der Waals surface area contributed by atoms with Crippen LogP contribution in [0.4, 0.5) is 6.01 Å². The van der Waals surface area contributed by atoms with Gasteiger partial charge in [-0.25, -0.2) is 4.99 Å². The predicted octanol–water partition coefficient (Wildman–Crippen LogP) is 3.90. The number of anilines is 1. The number of guanidine groups is 1. The summed E-state index contributed by atoms with van der Waals surface area (Å²) in [5, 5.41) is 7.37. The van der Waals surface area contributed by atoms with E-state index in [1.165, 1.54) is 0 Å². The van der Waals surface area contributed by atoms with Gasteiger partial charge in [0.05, 0.1) is 17.5 Å². The Kier molecular flexibility index (Phi) is 3.71. The summed E-state index contributed by atoms with van der Waals surface area (Å²) in [6.45, 7) is 0. The minimum atomic E-state index is -0.165. The number of aromatic nitrogens is 1. The van der Waals surface area contributed by atoms with Crippen LogP contribution in [0.1, 0.15) is 44.9 Å². The second-order valence-electron chi connectivity index (χ2n) is 7.63. The number of Topliss-reactive ketones (excluding diaryl/α,β-unsaturated/α-hetero) is 1. The van der Waals surface area contributed by atoms with E-state index in [4.69, 9.17) is 21.0 Å². The molecule has 1 spiro atoms. The molecule has 2 aromatic rings. The van der Waals surface area contributed by atoms with Gasteiger partial charge in [0.1, 0.15) is 11.3 Å². The standard InChI is InChI=1S/C19H21ClN4O2/c20-11-6-7-15-13(10-11)22-18(26-15)23-17-21-12-4-3-5-14(25)16(12)19(24-17)8-1-2-9-19/h6-7,10,12,16H,1-5,8-9H2,(H2,21,22,23,24). The Balaban J connectivity index is 1.47. The van der Waals surface area contributed by atoms with Crippen molar-refractivity contribution >= 4 is 40.5 Å². The minimum absolute atomic E-state index is 0.00624. The Morgan fingerprint density at radius 1 is 1.27 bits per heavy atom. The zero-order chi connectivity index (χ0) is 17.7. The number of aliphatic imine (C=N–C) groups is 1. The number of hydrogen-bond acceptors (Lipinski definition) is 6. The van der Waals surface area contributed by atoms with E-state index in [9.17, 15) is 4.79 Å². The molecule has 1 aromatic heterocycles. The Morgan fingerprint density at radius 2 is 2.12 bits per heavy atom. The van der Waals surface area contributed by atoms with Crippen molar-refractivity contribution in [2.24, 2.45) is 10.9 Å². The fourth-order valence-corrected chi connectivity index (χ4v) is 5.08. The van der Waals surface area contributed by atoms with Gasteiger partial charge < -0.3 is 9.73 Å². The van der Waals surface area contributed by atoms with Crippen molar-refractivity contribution in [1.29, 1.82) is 0 Å². The number of carbonyl (C=O) groups is 1. The molecule has 0 bridgehead atoms. The molecule has 2 N–H and O–H groups in total. The quantitative estimate of drug-likeness (QED) is 0.793. The number of hydrogen-bond donors (Lipinski definition) is 2. The van der Waals surface area contributed by atoms with Gasteiger partial charge in [-0.3, -0.25) is 10.1 Å². The second kappa shape index (κ2) is 5.98. The highest BCUT2D eigenvalue weighted by Crippen LogP contribution is 2.44. The van der Waals surface area contributed by atoms with E-state index >= 15 is 0 Å². The van der Waals surface area contributed by atoms with Crippen LogP contribution in [0.25, 0.3) is 11.1 Å². The zero-order valence-corrected chi connectivity index (χ0v) is 15.2. The third-order valence-electron chi connectivity index (χ3n) is 5.98. The first-order valence-electron chi connectivity index (χ1n) is 9.35. The normalized spacial score (nSPS) is 27.3. The summed E-state index contributed by atoms with van der Waals surface area (Å²) >= 11 is 6.02. The van der Waals surface area contributed by atoms with E-state index in [-0.39, 0.29) is 17.5 Å². The van der Waals surface area contributed by atoms with Gasteiger partial charge in [0, 0.05) is 11.4 Å². The molecule has 2 heterocycles. The van der Waals surface area contributed by atoms with Crippen LogP contribution in [0, 0.1) is 5.92 Å². The van der Waals surface area contributed by atoms with Crippen LogP contribution >= 0.6 is 11.6 Å². The molecule has 0 saturated heterocycles. The van der Waals surface area contributed by atoms with Crippen molar-refractivity contribution in [2.45, 2.75) is 56.5 Å². The van der Waals surface area contributed by atoms with E-state index in [1.807, 2.05) is 0 Å². The number of rotatable bonds is 1. The molecule has 2 saturated carbocycles. The van der Waals surface area contributed by atoms with Crippen molar-refractivity contribution in [3.63, 3.8) is 0 Å². The summed E-state index contributed by atoms with van der Waals surface area (Å²) in [6, 6.07) is 5.80. The maximum atomic E-state index is 12.6. The fraction of sp³-hybridized carbons (Fsp3) is 0.526. The summed E-state index contributed by atoms with van der Waals surface area (Å²) in [7, 11) is 0. The molecular weight excluding hydrogens is 352 g/mol. The van der Waals surface area contributed by atoms with E-state index in [0.717, 1.165) is 38.5 Å². The number of oxazole rings is 1. The Hall–Kier alpha value is -2.08. The number of ketones is 1. The monoisotopic (exact) mass is 372 g/mol. The fourth-order valence-electron chi connectivity index (χ4n) is 4.91. The SMILES string of the molecule is O=C1CCCC2N=C(Nc3nc4cc(Cl)ccc4o3)NC3(CCCC3)C12. The lowest BCUT2D eigenvalue weighted by molar-refractivity contribution is -0.128. The maximum Gasteiger partial charge on any atom is 0.302 e. The molecule has 6 nitrogen and oxygen atoms in total. The molecule has 0 amide bonds. The van der Waals surface area contributed by atoms with Crippen molar-refractivity contribution in [1.82, 2.24) is 10.3 Å². The van der Waals surface area contributed by atoms with Crippen molar-refractivity contribution in [3.05, 3.63) is 23.2 Å². The van der Waals surface area contributed by atoms with Crippen molar-refractivity contribution < 1.29 is 9.21 Å². The first-order chi connectivity index (χ1) is 12.6. The maximum absolute atomic E-state index is 12.6. The molecule has 2 aliphatic carbocycles. The van der Waals surface area contributed by atoms with Crippen LogP contribution in [-0.4, -0.2) is 28.3 Å². The van der Waals surface area contributed by atoms with E-state index in [0.29, 0.717) is 40.3 Å². The smallest absolute Gasteiger partial charge is 0.302 e. The lowest BCUT2D eigenvalue weighted by atomic mass is 9.69. The first-order valence-corrected chi connectivity index (χ1v) is 9.73. The van der Waals surface area contributed by atoms with Gasteiger partial charge >= 0.3 is 6.01 Å². The van der Waals surface area contributed by atoms with Gasteiger partial charge in [-0.05, 0) is 43.9 Å². The number of halogens is 1. The first kappa shape index (κ1) is 16.1. The Morgan fingerprint density at radius 3 is 2.96 bits per heavy atom. The average molecular weight is 373 g/mol. The molecule has 1 aromatic carbocycles. The lowest BCUT2D eigenvalue weighted by Crippen LogP contribution is -2.63. The molecule has 26 heavy (non-hydrogen) atoms. The van der Waals surface area contributed by atoms with Crippen LogP contribution in [0.5, 0.6) is 0 Å². The lowest BCUT2D eigenvalue weighted by Gasteiger charge is -2.46. The van der Waals surface area contributed by atoms with Gasteiger partial charge in [0.25, 0.3) is 0 Å². The van der Waals surface area contributed by atoms with Crippen LogP contribution in [0.15, 0.2) is 27.6 Å².